The zero-order valence-electron chi connectivity index (χ0n) is 8.15. The van der Waals surface area contributed by atoms with Gasteiger partial charge in [0.15, 0.2) is 0 Å². The second-order valence-electron chi connectivity index (χ2n) is 4.05. The predicted octanol–water partition coefficient (Wildman–Crippen LogP) is 1.32. The van der Waals surface area contributed by atoms with E-state index in [4.69, 9.17) is 5.26 Å². The van der Waals surface area contributed by atoms with Gasteiger partial charge < -0.3 is 4.90 Å². The third kappa shape index (κ3) is 1.65. The summed E-state index contributed by atoms with van der Waals surface area (Å²) in [6, 6.07) is 2.18. The SMILES string of the molecule is N#CC1CN(C(=O)C2CC=CCC2)C1. The van der Waals surface area contributed by atoms with Crippen molar-refractivity contribution in [2.24, 2.45) is 11.8 Å². The summed E-state index contributed by atoms with van der Waals surface area (Å²) in [6.45, 7) is 1.30. The molecule has 1 aliphatic carbocycles. The van der Waals surface area contributed by atoms with Crippen molar-refractivity contribution in [3.63, 3.8) is 0 Å². The lowest BCUT2D eigenvalue weighted by molar-refractivity contribution is -0.140. The molecular formula is C11H14N2O. The van der Waals surface area contributed by atoms with E-state index >= 15 is 0 Å². The average molecular weight is 190 g/mol. The number of hydrogen-bond donors (Lipinski definition) is 0. The largest absolute Gasteiger partial charge is 0.340 e. The summed E-state index contributed by atoms with van der Waals surface area (Å²) in [5.74, 6) is 0.513. The number of rotatable bonds is 1. The Balaban J connectivity index is 1.85. The van der Waals surface area contributed by atoms with Gasteiger partial charge in [0.1, 0.15) is 0 Å². The third-order valence-corrected chi connectivity index (χ3v) is 2.99. The number of allylic oxidation sites excluding steroid dienone is 2. The van der Waals surface area contributed by atoms with Gasteiger partial charge in [-0.25, -0.2) is 0 Å². The van der Waals surface area contributed by atoms with E-state index in [2.05, 4.69) is 18.2 Å². The summed E-state index contributed by atoms with van der Waals surface area (Å²) in [7, 11) is 0. The summed E-state index contributed by atoms with van der Waals surface area (Å²) in [5.41, 5.74) is 0. The molecular weight excluding hydrogens is 176 g/mol. The molecule has 1 saturated heterocycles. The average Bonchev–Trinajstić information content (AvgIpc) is 2.17. The smallest absolute Gasteiger partial charge is 0.226 e. The van der Waals surface area contributed by atoms with Crippen LogP contribution in [-0.2, 0) is 4.79 Å². The molecule has 1 unspecified atom stereocenters. The molecule has 0 aromatic carbocycles. The first-order valence-electron chi connectivity index (χ1n) is 5.14. The van der Waals surface area contributed by atoms with Crippen LogP contribution in [0.25, 0.3) is 0 Å². The van der Waals surface area contributed by atoms with Crippen LogP contribution in [-0.4, -0.2) is 23.9 Å². The number of hydrogen-bond acceptors (Lipinski definition) is 2. The van der Waals surface area contributed by atoms with Crippen molar-refractivity contribution in [1.82, 2.24) is 4.90 Å². The normalized spacial score (nSPS) is 26.8. The fourth-order valence-corrected chi connectivity index (χ4v) is 2.02. The van der Waals surface area contributed by atoms with Crippen LogP contribution in [0, 0.1) is 23.2 Å². The van der Waals surface area contributed by atoms with E-state index in [1.165, 1.54) is 0 Å². The van der Waals surface area contributed by atoms with Crippen LogP contribution in [0.2, 0.25) is 0 Å². The number of likely N-dealkylation sites (tertiary alicyclic amines) is 1. The zero-order chi connectivity index (χ0) is 9.97. The van der Waals surface area contributed by atoms with Crippen LogP contribution >= 0.6 is 0 Å². The Morgan fingerprint density at radius 1 is 1.43 bits per heavy atom. The standard InChI is InChI=1S/C11H14N2O/c12-6-9-7-13(8-9)11(14)10-4-2-1-3-5-10/h1-2,9-10H,3-5,7-8H2. The number of amides is 1. The lowest BCUT2D eigenvalue weighted by atomic mass is 9.90. The second kappa shape index (κ2) is 3.83. The van der Waals surface area contributed by atoms with Crippen LogP contribution in [0.1, 0.15) is 19.3 Å². The van der Waals surface area contributed by atoms with Crippen molar-refractivity contribution in [3.05, 3.63) is 12.2 Å². The Kier molecular flexibility index (Phi) is 2.53. The molecule has 0 bridgehead atoms. The number of carbonyl (C=O) groups excluding carboxylic acids is 1. The summed E-state index contributed by atoms with van der Waals surface area (Å²) < 4.78 is 0. The molecule has 2 rings (SSSR count). The molecule has 3 heteroatoms. The van der Waals surface area contributed by atoms with E-state index in [1.807, 2.05) is 4.90 Å². The van der Waals surface area contributed by atoms with Crippen LogP contribution in [0.5, 0.6) is 0 Å². The van der Waals surface area contributed by atoms with Crippen LogP contribution in [0.3, 0.4) is 0 Å². The molecule has 0 N–H and O–H groups in total. The molecule has 1 aliphatic heterocycles. The van der Waals surface area contributed by atoms with E-state index in [9.17, 15) is 4.79 Å². The van der Waals surface area contributed by atoms with Crippen molar-refractivity contribution in [3.8, 4) is 6.07 Å². The molecule has 3 nitrogen and oxygen atoms in total. The van der Waals surface area contributed by atoms with E-state index in [-0.39, 0.29) is 17.7 Å². The maximum Gasteiger partial charge on any atom is 0.226 e. The van der Waals surface area contributed by atoms with E-state index in [1.54, 1.807) is 0 Å². The minimum atomic E-state index is 0.0816. The topological polar surface area (TPSA) is 44.1 Å². The van der Waals surface area contributed by atoms with Gasteiger partial charge in [0.2, 0.25) is 5.91 Å². The fourth-order valence-electron chi connectivity index (χ4n) is 2.02. The summed E-state index contributed by atoms with van der Waals surface area (Å²) >= 11 is 0. The highest BCUT2D eigenvalue weighted by molar-refractivity contribution is 5.80. The molecule has 1 heterocycles. The molecule has 1 amide bonds. The Morgan fingerprint density at radius 2 is 2.21 bits per heavy atom. The number of nitriles is 1. The first-order valence-corrected chi connectivity index (χ1v) is 5.14. The van der Waals surface area contributed by atoms with Crippen molar-refractivity contribution in [2.45, 2.75) is 19.3 Å². The van der Waals surface area contributed by atoms with Gasteiger partial charge in [-0.2, -0.15) is 5.26 Å². The first-order chi connectivity index (χ1) is 6.81. The Bertz CT molecular complexity index is 297. The van der Waals surface area contributed by atoms with E-state index < -0.39 is 0 Å². The maximum absolute atomic E-state index is 11.8. The molecule has 0 spiro atoms. The zero-order valence-corrected chi connectivity index (χ0v) is 8.15. The van der Waals surface area contributed by atoms with Crippen LogP contribution in [0.15, 0.2) is 12.2 Å². The molecule has 1 atom stereocenters. The van der Waals surface area contributed by atoms with Gasteiger partial charge in [-0.15, -0.1) is 0 Å². The predicted molar refractivity (Wildman–Crippen MR) is 52.2 cm³/mol. The second-order valence-corrected chi connectivity index (χ2v) is 4.05. The third-order valence-electron chi connectivity index (χ3n) is 2.99. The monoisotopic (exact) mass is 190 g/mol. The van der Waals surface area contributed by atoms with Gasteiger partial charge in [0.25, 0.3) is 0 Å². The van der Waals surface area contributed by atoms with Gasteiger partial charge in [0.05, 0.1) is 12.0 Å². The van der Waals surface area contributed by atoms with Gasteiger partial charge in [0, 0.05) is 19.0 Å². The lowest BCUT2D eigenvalue weighted by Crippen LogP contribution is -2.51. The Morgan fingerprint density at radius 3 is 2.79 bits per heavy atom. The molecule has 0 aromatic rings. The van der Waals surface area contributed by atoms with Gasteiger partial charge in [-0.1, -0.05) is 12.2 Å². The molecule has 74 valence electrons. The minimum absolute atomic E-state index is 0.0816. The van der Waals surface area contributed by atoms with Gasteiger partial charge in [-0.05, 0) is 19.3 Å². The van der Waals surface area contributed by atoms with Crippen molar-refractivity contribution >= 4 is 5.91 Å². The summed E-state index contributed by atoms with van der Waals surface area (Å²) in [4.78, 5) is 13.6. The van der Waals surface area contributed by atoms with Gasteiger partial charge in [-0.3, -0.25) is 4.79 Å². The first kappa shape index (κ1) is 9.26. The number of carbonyl (C=O) groups is 1. The van der Waals surface area contributed by atoms with Crippen LogP contribution < -0.4 is 0 Å². The lowest BCUT2D eigenvalue weighted by Gasteiger charge is -2.37. The van der Waals surface area contributed by atoms with E-state index in [0.717, 1.165) is 19.3 Å². The van der Waals surface area contributed by atoms with Crippen LogP contribution in [0.4, 0.5) is 0 Å². The summed E-state index contributed by atoms with van der Waals surface area (Å²) in [6.07, 6.45) is 7.10. The van der Waals surface area contributed by atoms with Crippen molar-refractivity contribution < 1.29 is 4.79 Å². The van der Waals surface area contributed by atoms with E-state index in [0.29, 0.717) is 13.1 Å². The minimum Gasteiger partial charge on any atom is -0.340 e. The van der Waals surface area contributed by atoms with Gasteiger partial charge >= 0.3 is 0 Å². The Labute approximate surface area is 84.0 Å². The molecule has 1 fully saturated rings. The molecule has 2 aliphatic rings. The highest BCUT2D eigenvalue weighted by Gasteiger charge is 2.33. The van der Waals surface area contributed by atoms with Crippen molar-refractivity contribution in [2.75, 3.05) is 13.1 Å². The molecule has 14 heavy (non-hydrogen) atoms. The number of nitrogens with zero attached hydrogens (tertiary/aromatic N) is 2. The fraction of sp³-hybridized carbons (Fsp3) is 0.636. The molecule has 0 saturated carbocycles. The molecule has 0 aromatic heterocycles. The Hall–Kier alpha value is -1.30. The highest BCUT2D eigenvalue weighted by Crippen LogP contribution is 2.24. The summed E-state index contributed by atoms with van der Waals surface area (Å²) in [5, 5.41) is 8.60. The quantitative estimate of drug-likeness (QED) is 0.585. The van der Waals surface area contributed by atoms with Crippen molar-refractivity contribution in [1.29, 1.82) is 5.26 Å². The maximum atomic E-state index is 11.8. The molecule has 0 radical (unpaired) electrons. The highest BCUT2D eigenvalue weighted by atomic mass is 16.2.